The van der Waals surface area contributed by atoms with Gasteiger partial charge in [0.25, 0.3) is 0 Å². The van der Waals surface area contributed by atoms with Crippen LogP contribution in [0.25, 0.3) is 0 Å². The highest BCUT2D eigenvalue weighted by Crippen LogP contribution is 2.44. The van der Waals surface area contributed by atoms with E-state index in [0.29, 0.717) is 18.0 Å². The molecule has 0 unspecified atom stereocenters. The van der Waals surface area contributed by atoms with Gasteiger partial charge < -0.3 is 11.1 Å². The Morgan fingerprint density at radius 1 is 1.50 bits per heavy atom. The lowest BCUT2D eigenvalue weighted by Crippen LogP contribution is -2.53. The maximum atomic E-state index is 13.4. The molecule has 18 heavy (non-hydrogen) atoms. The van der Waals surface area contributed by atoms with Crippen LogP contribution in [-0.2, 0) is 11.3 Å². The van der Waals surface area contributed by atoms with Crippen molar-refractivity contribution in [3.63, 3.8) is 0 Å². The Morgan fingerprint density at radius 2 is 2.17 bits per heavy atom. The molecule has 1 aromatic carbocycles. The number of hydrogen-bond donors (Lipinski definition) is 2. The molecule has 1 aliphatic rings. The fourth-order valence-corrected chi connectivity index (χ4v) is 2.72. The molecule has 3 nitrogen and oxygen atoms in total. The number of carbonyl (C=O) groups excluding carboxylic acids is 1. The zero-order valence-corrected chi connectivity index (χ0v) is 10.6. The number of rotatable bonds is 4. The van der Waals surface area contributed by atoms with Crippen molar-refractivity contribution in [1.29, 1.82) is 0 Å². The van der Waals surface area contributed by atoms with Crippen LogP contribution in [0.15, 0.2) is 24.3 Å². The number of halogens is 1. The standard InChI is InChI=1S/C14H19FN2O/c1-10-6-14(7-10,9-16)13(18)17-8-11-4-2-3-5-12(11)15/h2-5,10H,6-9,16H2,1H3,(H,17,18). The summed E-state index contributed by atoms with van der Waals surface area (Å²) in [6.45, 7) is 2.69. The molecular formula is C14H19FN2O. The number of amides is 1. The van der Waals surface area contributed by atoms with Gasteiger partial charge in [0.2, 0.25) is 5.91 Å². The molecule has 0 heterocycles. The van der Waals surface area contributed by atoms with Crippen LogP contribution in [0.5, 0.6) is 0 Å². The van der Waals surface area contributed by atoms with Gasteiger partial charge in [0.15, 0.2) is 0 Å². The molecule has 0 spiro atoms. The molecule has 4 heteroatoms. The Balaban J connectivity index is 1.95. The highest BCUT2D eigenvalue weighted by molar-refractivity contribution is 5.83. The predicted octanol–water partition coefficient (Wildman–Crippen LogP) is 1.82. The molecule has 1 saturated carbocycles. The summed E-state index contributed by atoms with van der Waals surface area (Å²) in [5.41, 5.74) is 5.77. The summed E-state index contributed by atoms with van der Waals surface area (Å²) in [6.07, 6.45) is 1.65. The molecule has 1 amide bonds. The topological polar surface area (TPSA) is 55.1 Å². The second kappa shape index (κ2) is 5.06. The minimum Gasteiger partial charge on any atom is -0.351 e. The van der Waals surface area contributed by atoms with Crippen LogP contribution in [0.4, 0.5) is 4.39 Å². The number of nitrogens with two attached hydrogens (primary N) is 1. The lowest BCUT2D eigenvalue weighted by Gasteiger charge is -2.44. The normalized spacial score (nSPS) is 26.5. The first-order valence-electron chi connectivity index (χ1n) is 6.29. The van der Waals surface area contributed by atoms with E-state index in [-0.39, 0.29) is 18.3 Å². The van der Waals surface area contributed by atoms with Gasteiger partial charge in [-0.3, -0.25) is 4.79 Å². The molecule has 0 atom stereocenters. The number of hydrogen-bond acceptors (Lipinski definition) is 2. The van der Waals surface area contributed by atoms with Crippen molar-refractivity contribution in [2.75, 3.05) is 6.54 Å². The fraction of sp³-hybridized carbons (Fsp3) is 0.500. The van der Waals surface area contributed by atoms with E-state index in [2.05, 4.69) is 12.2 Å². The van der Waals surface area contributed by atoms with Gasteiger partial charge in [-0.15, -0.1) is 0 Å². The molecule has 98 valence electrons. The lowest BCUT2D eigenvalue weighted by molar-refractivity contribution is -0.138. The summed E-state index contributed by atoms with van der Waals surface area (Å²) in [6, 6.07) is 6.46. The van der Waals surface area contributed by atoms with Crippen molar-refractivity contribution < 1.29 is 9.18 Å². The van der Waals surface area contributed by atoms with Crippen LogP contribution in [0.1, 0.15) is 25.3 Å². The number of nitrogens with one attached hydrogen (secondary N) is 1. The molecule has 1 aromatic rings. The first kappa shape index (κ1) is 13.0. The molecule has 3 N–H and O–H groups in total. The van der Waals surface area contributed by atoms with Crippen molar-refractivity contribution in [3.8, 4) is 0 Å². The molecule has 0 aromatic heterocycles. The second-order valence-electron chi connectivity index (χ2n) is 5.27. The van der Waals surface area contributed by atoms with E-state index in [1.54, 1.807) is 18.2 Å². The largest absolute Gasteiger partial charge is 0.351 e. The van der Waals surface area contributed by atoms with E-state index in [4.69, 9.17) is 5.73 Å². The smallest absolute Gasteiger partial charge is 0.227 e. The SMILES string of the molecule is CC1CC(CN)(C(=O)NCc2ccccc2F)C1. The van der Waals surface area contributed by atoms with Crippen LogP contribution in [0, 0.1) is 17.2 Å². The van der Waals surface area contributed by atoms with Gasteiger partial charge in [-0.05, 0) is 24.8 Å². The molecule has 0 aliphatic heterocycles. The van der Waals surface area contributed by atoms with Crippen molar-refractivity contribution in [3.05, 3.63) is 35.6 Å². The zero-order valence-electron chi connectivity index (χ0n) is 10.6. The monoisotopic (exact) mass is 250 g/mol. The quantitative estimate of drug-likeness (QED) is 0.856. The van der Waals surface area contributed by atoms with Crippen LogP contribution in [0.2, 0.25) is 0 Å². The zero-order chi connectivity index (χ0) is 13.2. The summed E-state index contributed by atoms with van der Waals surface area (Å²) in [7, 11) is 0. The summed E-state index contributed by atoms with van der Waals surface area (Å²) in [5.74, 6) is 0.209. The molecule has 0 radical (unpaired) electrons. The number of benzene rings is 1. The van der Waals surface area contributed by atoms with Crippen molar-refractivity contribution in [2.24, 2.45) is 17.1 Å². The van der Waals surface area contributed by atoms with E-state index < -0.39 is 5.41 Å². The summed E-state index contributed by atoms with van der Waals surface area (Å²) < 4.78 is 13.4. The molecule has 0 saturated heterocycles. The van der Waals surface area contributed by atoms with Gasteiger partial charge in [0, 0.05) is 18.7 Å². The van der Waals surface area contributed by atoms with Gasteiger partial charge in [-0.2, -0.15) is 0 Å². The molecule has 0 bridgehead atoms. The van der Waals surface area contributed by atoms with Crippen molar-refractivity contribution >= 4 is 5.91 Å². The Kier molecular flexibility index (Phi) is 3.66. The van der Waals surface area contributed by atoms with Crippen LogP contribution in [0.3, 0.4) is 0 Å². The average molecular weight is 250 g/mol. The van der Waals surface area contributed by atoms with Gasteiger partial charge >= 0.3 is 0 Å². The van der Waals surface area contributed by atoms with Crippen molar-refractivity contribution in [2.45, 2.75) is 26.3 Å². The average Bonchev–Trinajstić information content (AvgIpc) is 2.33. The minimum atomic E-state index is -0.426. The fourth-order valence-electron chi connectivity index (χ4n) is 2.72. The van der Waals surface area contributed by atoms with Gasteiger partial charge in [0.05, 0.1) is 5.41 Å². The summed E-state index contributed by atoms with van der Waals surface area (Å²) in [5, 5.41) is 2.80. The van der Waals surface area contributed by atoms with Crippen LogP contribution < -0.4 is 11.1 Å². The van der Waals surface area contributed by atoms with Crippen LogP contribution >= 0.6 is 0 Å². The highest BCUT2D eigenvalue weighted by atomic mass is 19.1. The third-order valence-corrected chi connectivity index (χ3v) is 3.75. The van der Waals surface area contributed by atoms with E-state index in [0.717, 1.165) is 12.8 Å². The lowest BCUT2D eigenvalue weighted by atomic mass is 9.62. The Labute approximate surface area is 107 Å². The first-order chi connectivity index (χ1) is 8.57. The van der Waals surface area contributed by atoms with Crippen LogP contribution in [-0.4, -0.2) is 12.5 Å². The third-order valence-electron chi connectivity index (χ3n) is 3.75. The summed E-state index contributed by atoms with van der Waals surface area (Å²) >= 11 is 0. The second-order valence-corrected chi connectivity index (χ2v) is 5.27. The van der Waals surface area contributed by atoms with E-state index in [1.165, 1.54) is 6.07 Å². The maximum absolute atomic E-state index is 13.4. The van der Waals surface area contributed by atoms with Gasteiger partial charge in [0.1, 0.15) is 5.82 Å². The van der Waals surface area contributed by atoms with Gasteiger partial charge in [-0.1, -0.05) is 25.1 Å². The summed E-state index contributed by atoms with van der Waals surface area (Å²) in [4.78, 5) is 12.1. The minimum absolute atomic E-state index is 0.0497. The Morgan fingerprint density at radius 3 is 2.72 bits per heavy atom. The van der Waals surface area contributed by atoms with Gasteiger partial charge in [-0.25, -0.2) is 4.39 Å². The van der Waals surface area contributed by atoms with E-state index >= 15 is 0 Å². The number of carbonyl (C=O) groups is 1. The van der Waals surface area contributed by atoms with E-state index in [9.17, 15) is 9.18 Å². The predicted molar refractivity (Wildman–Crippen MR) is 68.1 cm³/mol. The maximum Gasteiger partial charge on any atom is 0.227 e. The van der Waals surface area contributed by atoms with Crippen molar-refractivity contribution in [1.82, 2.24) is 5.32 Å². The molecular weight excluding hydrogens is 231 g/mol. The Hall–Kier alpha value is -1.42. The molecule has 1 fully saturated rings. The highest BCUT2D eigenvalue weighted by Gasteiger charge is 2.46. The Bertz CT molecular complexity index is 441. The molecule has 2 rings (SSSR count). The molecule has 1 aliphatic carbocycles. The van der Waals surface area contributed by atoms with E-state index in [1.807, 2.05) is 0 Å². The first-order valence-corrected chi connectivity index (χ1v) is 6.29. The third kappa shape index (κ3) is 2.38.